The minimum absolute atomic E-state index is 0.269. The largest absolute Gasteiger partial charge is 0.384 e. The maximum Gasteiger partial charge on any atom is 0.325 e. The lowest BCUT2D eigenvalue weighted by atomic mass is 9.81. The van der Waals surface area contributed by atoms with Crippen LogP contribution in [0, 0.1) is 25.7 Å². The number of likely N-dealkylation sites (N-methyl/N-ethyl adjacent to an activating group) is 2. The lowest BCUT2D eigenvalue weighted by Gasteiger charge is -2.46. The summed E-state index contributed by atoms with van der Waals surface area (Å²) in [5.41, 5.74) is 18.5. The summed E-state index contributed by atoms with van der Waals surface area (Å²) in [6.45, 7) is 7.90. The summed E-state index contributed by atoms with van der Waals surface area (Å²) < 4.78 is 0. The summed E-state index contributed by atoms with van der Waals surface area (Å²) in [6, 6.07) is 25.7. The third-order valence-corrected chi connectivity index (χ3v) is 13.1. The number of rotatable bonds is 14. The quantitative estimate of drug-likeness (QED) is 0.0853. The molecule has 0 unspecified atom stereocenters. The van der Waals surface area contributed by atoms with Crippen molar-refractivity contribution in [3.05, 3.63) is 168 Å². The highest BCUT2D eigenvalue weighted by atomic mass is 16.2. The molecule has 0 aliphatic carbocycles. The molecule has 2 saturated heterocycles. The van der Waals surface area contributed by atoms with E-state index in [1.165, 1.54) is 9.80 Å². The molecule has 0 saturated carbocycles. The molecule has 2 fully saturated rings. The van der Waals surface area contributed by atoms with E-state index >= 15 is 0 Å². The second-order valence-corrected chi connectivity index (χ2v) is 18.0. The molecule has 2 aliphatic heterocycles. The molecule has 6 aromatic rings. The van der Waals surface area contributed by atoms with Gasteiger partial charge in [0.05, 0.1) is 23.9 Å². The third kappa shape index (κ3) is 11.6. The van der Waals surface area contributed by atoms with Gasteiger partial charge in [-0.05, 0) is 110 Å². The number of nitrogens with zero attached hydrogens (tertiary/aromatic N) is 8. The zero-order valence-corrected chi connectivity index (χ0v) is 41.2. The van der Waals surface area contributed by atoms with Crippen molar-refractivity contribution in [1.29, 1.82) is 0 Å². The van der Waals surface area contributed by atoms with Gasteiger partial charge in [-0.25, -0.2) is 19.6 Å². The van der Waals surface area contributed by atoms with Gasteiger partial charge in [0.2, 0.25) is 11.8 Å². The average molecular weight is 973 g/mol. The third-order valence-electron chi connectivity index (χ3n) is 13.1. The van der Waals surface area contributed by atoms with Gasteiger partial charge in [0, 0.05) is 62.7 Å². The van der Waals surface area contributed by atoms with Crippen molar-refractivity contribution in [1.82, 2.24) is 40.4 Å². The molecule has 8 rings (SSSR count). The van der Waals surface area contributed by atoms with Crippen LogP contribution in [0.15, 0.2) is 134 Å². The second-order valence-electron chi connectivity index (χ2n) is 18.0. The fourth-order valence-corrected chi connectivity index (χ4v) is 8.93. The number of likely N-dealkylation sites (tertiary alicyclic amines) is 2. The molecule has 372 valence electrons. The van der Waals surface area contributed by atoms with Crippen LogP contribution in [-0.4, -0.2) is 91.6 Å². The van der Waals surface area contributed by atoms with E-state index in [-0.39, 0.29) is 36.7 Å². The predicted octanol–water partition coefficient (Wildman–Crippen LogP) is 6.52. The maximum atomic E-state index is 13.6. The molecule has 2 aliphatic rings. The van der Waals surface area contributed by atoms with Crippen LogP contribution in [0.5, 0.6) is 0 Å². The highest BCUT2D eigenvalue weighted by molar-refractivity contribution is 6.13. The van der Waals surface area contributed by atoms with E-state index < -0.39 is 47.8 Å². The first kappa shape index (κ1) is 51.3. The number of aryl methyl sites for hydroxylation is 2. The molecule has 6 heterocycles. The Morgan fingerprint density at radius 1 is 0.556 bits per heavy atom. The standard InChI is InChI=1S/2C27H30N6O3/c2*1-4-22(19-7-5-17(2)6-8-19)31-27(36)33-24(26(35)32(3)20-10-12-29-13-11-20)21(25(33)34)15-18-9-14-30-23(28)16-18/h2*5-14,16,21-22,24H,4,15H2,1-3H3,(H2,28,30)(H,31,36)/t2*21-,22-,24+/m11/s1. The van der Waals surface area contributed by atoms with E-state index in [0.717, 1.165) is 43.2 Å². The predicted molar refractivity (Wildman–Crippen MR) is 274 cm³/mol. The summed E-state index contributed by atoms with van der Waals surface area (Å²) in [7, 11) is 3.25. The van der Waals surface area contributed by atoms with Crippen molar-refractivity contribution < 1.29 is 28.8 Å². The number of nitrogen functional groups attached to an aromatic ring is 2. The van der Waals surface area contributed by atoms with Gasteiger partial charge in [-0.2, -0.15) is 0 Å². The van der Waals surface area contributed by atoms with E-state index in [0.29, 0.717) is 35.9 Å². The van der Waals surface area contributed by atoms with Gasteiger partial charge in [-0.15, -0.1) is 0 Å². The van der Waals surface area contributed by atoms with Crippen LogP contribution in [0.25, 0.3) is 0 Å². The molecule has 2 aromatic carbocycles. The van der Waals surface area contributed by atoms with Gasteiger partial charge in [-0.3, -0.25) is 38.9 Å². The van der Waals surface area contributed by atoms with Gasteiger partial charge in [0.15, 0.2) is 0 Å². The molecule has 18 nitrogen and oxygen atoms in total. The Kier molecular flexibility index (Phi) is 16.3. The van der Waals surface area contributed by atoms with E-state index in [1.807, 2.05) is 76.2 Å². The Balaban J connectivity index is 0.000000211. The minimum atomic E-state index is -0.958. The Hall–Kier alpha value is -8.54. The van der Waals surface area contributed by atoms with Crippen molar-refractivity contribution in [3.8, 4) is 0 Å². The number of benzene rings is 2. The van der Waals surface area contributed by atoms with Crippen LogP contribution in [0.3, 0.4) is 0 Å². The number of carbonyl (C=O) groups is 6. The molecule has 0 spiro atoms. The topological polar surface area (TPSA) is 243 Å². The van der Waals surface area contributed by atoms with Crippen LogP contribution >= 0.6 is 0 Å². The van der Waals surface area contributed by atoms with Crippen molar-refractivity contribution >= 4 is 58.7 Å². The van der Waals surface area contributed by atoms with Crippen LogP contribution in [-0.2, 0) is 32.0 Å². The summed E-state index contributed by atoms with van der Waals surface area (Å²) >= 11 is 0. The number of hydrogen-bond donors (Lipinski definition) is 4. The monoisotopic (exact) mass is 972 g/mol. The minimum Gasteiger partial charge on any atom is -0.384 e. The van der Waals surface area contributed by atoms with Crippen LogP contribution < -0.4 is 31.9 Å². The van der Waals surface area contributed by atoms with E-state index in [9.17, 15) is 28.8 Å². The Bertz CT molecular complexity index is 2690. The van der Waals surface area contributed by atoms with E-state index in [2.05, 4.69) is 30.6 Å². The number of amides is 8. The van der Waals surface area contributed by atoms with Crippen molar-refractivity contribution in [3.63, 3.8) is 0 Å². The number of imide groups is 2. The lowest BCUT2D eigenvalue weighted by Crippen LogP contribution is -2.70. The van der Waals surface area contributed by atoms with Crippen molar-refractivity contribution in [2.75, 3.05) is 35.4 Å². The zero-order chi connectivity index (χ0) is 51.6. The average Bonchev–Trinajstić information content (AvgIpc) is 3.39. The van der Waals surface area contributed by atoms with Gasteiger partial charge in [0.25, 0.3) is 11.8 Å². The molecular weight excluding hydrogens is 913 g/mol. The number of anilines is 4. The number of carbonyl (C=O) groups excluding carboxylic acids is 6. The first-order chi connectivity index (χ1) is 34.6. The molecule has 8 amide bonds. The number of urea groups is 2. The zero-order valence-electron chi connectivity index (χ0n) is 41.2. The summed E-state index contributed by atoms with van der Waals surface area (Å²) in [5, 5.41) is 5.89. The fraction of sp³-hybridized carbons (Fsp3) is 0.296. The number of pyridine rings is 4. The number of nitrogens with one attached hydrogen (secondary N) is 2. The van der Waals surface area contributed by atoms with Gasteiger partial charge >= 0.3 is 12.1 Å². The Labute approximate surface area is 418 Å². The Morgan fingerprint density at radius 3 is 1.22 bits per heavy atom. The molecule has 4 aromatic heterocycles. The summed E-state index contributed by atoms with van der Waals surface area (Å²) in [4.78, 5) is 101. The second kappa shape index (κ2) is 22.9. The smallest absolute Gasteiger partial charge is 0.325 e. The number of aromatic nitrogens is 4. The molecule has 18 heteroatoms. The van der Waals surface area contributed by atoms with E-state index in [1.54, 1.807) is 99.8 Å². The lowest BCUT2D eigenvalue weighted by molar-refractivity contribution is -0.156. The number of hydrogen-bond acceptors (Lipinski definition) is 12. The highest BCUT2D eigenvalue weighted by Gasteiger charge is 2.56. The molecule has 0 bridgehead atoms. The Morgan fingerprint density at radius 2 is 0.903 bits per heavy atom. The summed E-state index contributed by atoms with van der Waals surface area (Å²) in [6.07, 6.45) is 11.3. The number of β-lactam (4-membered cyclic amide) rings is 2. The fourth-order valence-electron chi connectivity index (χ4n) is 8.93. The molecule has 72 heavy (non-hydrogen) atoms. The number of nitrogens with two attached hydrogens (primary N) is 2. The van der Waals surface area contributed by atoms with Crippen LogP contribution in [0.4, 0.5) is 32.6 Å². The molecule has 6 N–H and O–H groups in total. The normalized spacial score (nSPS) is 17.8. The van der Waals surface area contributed by atoms with Crippen molar-refractivity contribution in [2.45, 2.75) is 77.5 Å². The summed E-state index contributed by atoms with van der Waals surface area (Å²) in [5.74, 6) is -2.25. The van der Waals surface area contributed by atoms with Crippen LogP contribution in [0.1, 0.15) is 72.2 Å². The van der Waals surface area contributed by atoms with E-state index in [4.69, 9.17) is 11.5 Å². The maximum absolute atomic E-state index is 13.6. The first-order valence-corrected chi connectivity index (χ1v) is 23.8. The SMILES string of the molecule is CC[C@@H](NC(=O)N1C(=O)[C@H](Cc2ccnc(N)c2)[C@H]1C(=O)N(C)c1ccncc1)c1ccc(C)cc1.CC[C@@H](NC(=O)N1C(=O)[C@H](Cc2ccnc(N)c2)[C@H]1C(=O)N(C)c1ccncc1)c1ccc(C)cc1. The van der Waals surface area contributed by atoms with Crippen LogP contribution in [0.2, 0.25) is 0 Å². The molecule has 0 radical (unpaired) electrons. The van der Waals surface area contributed by atoms with Gasteiger partial charge in [-0.1, -0.05) is 73.5 Å². The first-order valence-electron chi connectivity index (χ1n) is 23.8. The van der Waals surface area contributed by atoms with Gasteiger partial charge < -0.3 is 31.9 Å². The highest BCUT2D eigenvalue weighted by Crippen LogP contribution is 2.35. The molecule has 6 atom stereocenters. The van der Waals surface area contributed by atoms with Gasteiger partial charge in [0.1, 0.15) is 23.7 Å². The molecular formula is C54H60N12O6. The van der Waals surface area contributed by atoms with Crippen molar-refractivity contribution in [2.24, 2.45) is 11.8 Å².